The van der Waals surface area contributed by atoms with E-state index in [9.17, 15) is 4.39 Å². The number of halogens is 1. The number of nitrogens with two attached hydrogens (primary N) is 1. The summed E-state index contributed by atoms with van der Waals surface area (Å²) in [6, 6.07) is 6.78. The Kier molecular flexibility index (Phi) is 4.10. The number of rotatable bonds is 4. The highest BCUT2D eigenvalue weighted by Gasteiger charge is 2.21. The summed E-state index contributed by atoms with van der Waals surface area (Å²) in [5.74, 6) is -0.224. The zero-order valence-corrected chi connectivity index (χ0v) is 10.1. The number of benzene rings is 1. The molecular weight excluding hydrogens is 219 g/mol. The van der Waals surface area contributed by atoms with E-state index in [0.717, 1.165) is 31.7 Å². The van der Waals surface area contributed by atoms with Crippen molar-refractivity contribution in [3.63, 3.8) is 0 Å². The molecule has 0 amide bonds. The zero-order chi connectivity index (χ0) is 12.3. The SMILES string of the molecule is CN(CC(N)c1ccc(F)cc1)C1CCOC1. The Morgan fingerprint density at radius 1 is 1.47 bits per heavy atom. The molecule has 2 rings (SSSR count). The van der Waals surface area contributed by atoms with Gasteiger partial charge in [-0.25, -0.2) is 4.39 Å². The van der Waals surface area contributed by atoms with Crippen LogP contribution in [0.4, 0.5) is 4.39 Å². The lowest BCUT2D eigenvalue weighted by Crippen LogP contribution is -2.37. The normalized spacial score (nSPS) is 22.0. The number of likely N-dealkylation sites (N-methyl/N-ethyl adjacent to an activating group) is 1. The maximum Gasteiger partial charge on any atom is 0.123 e. The quantitative estimate of drug-likeness (QED) is 0.865. The monoisotopic (exact) mass is 238 g/mol. The van der Waals surface area contributed by atoms with E-state index >= 15 is 0 Å². The highest BCUT2D eigenvalue weighted by Crippen LogP contribution is 2.16. The molecule has 1 aliphatic heterocycles. The first kappa shape index (κ1) is 12.5. The smallest absolute Gasteiger partial charge is 0.123 e. The van der Waals surface area contributed by atoms with Gasteiger partial charge >= 0.3 is 0 Å². The van der Waals surface area contributed by atoms with Gasteiger partial charge in [0.25, 0.3) is 0 Å². The molecule has 0 aromatic heterocycles. The van der Waals surface area contributed by atoms with Crippen molar-refractivity contribution in [2.45, 2.75) is 18.5 Å². The lowest BCUT2D eigenvalue weighted by atomic mass is 10.1. The first-order valence-corrected chi connectivity index (χ1v) is 5.96. The highest BCUT2D eigenvalue weighted by atomic mass is 19.1. The van der Waals surface area contributed by atoms with E-state index < -0.39 is 0 Å². The van der Waals surface area contributed by atoms with E-state index in [1.54, 1.807) is 12.1 Å². The molecule has 4 heteroatoms. The van der Waals surface area contributed by atoms with Gasteiger partial charge in [0.1, 0.15) is 5.82 Å². The molecule has 94 valence electrons. The van der Waals surface area contributed by atoms with Gasteiger partial charge in [-0.15, -0.1) is 0 Å². The molecule has 3 nitrogen and oxygen atoms in total. The summed E-state index contributed by atoms with van der Waals surface area (Å²) in [4.78, 5) is 2.22. The number of hydrogen-bond donors (Lipinski definition) is 1. The largest absolute Gasteiger partial charge is 0.380 e. The third-order valence-electron chi connectivity index (χ3n) is 3.31. The molecule has 1 aliphatic rings. The van der Waals surface area contributed by atoms with Crippen molar-refractivity contribution in [1.82, 2.24) is 4.90 Å². The first-order chi connectivity index (χ1) is 8.16. The fourth-order valence-corrected chi connectivity index (χ4v) is 2.14. The lowest BCUT2D eigenvalue weighted by molar-refractivity contribution is 0.156. The van der Waals surface area contributed by atoms with Crippen molar-refractivity contribution in [2.75, 3.05) is 26.8 Å². The molecule has 2 N–H and O–H groups in total. The van der Waals surface area contributed by atoms with Crippen LogP contribution < -0.4 is 5.73 Å². The van der Waals surface area contributed by atoms with Crippen LogP contribution in [0.2, 0.25) is 0 Å². The lowest BCUT2D eigenvalue weighted by Gasteiger charge is -2.26. The topological polar surface area (TPSA) is 38.5 Å². The van der Waals surface area contributed by atoms with Crippen LogP contribution >= 0.6 is 0 Å². The summed E-state index contributed by atoms with van der Waals surface area (Å²) in [5.41, 5.74) is 7.08. The van der Waals surface area contributed by atoms with Crippen molar-refractivity contribution in [1.29, 1.82) is 0 Å². The Morgan fingerprint density at radius 2 is 2.18 bits per heavy atom. The third-order valence-corrected chi connectivity index (χ3v) is 3.31. The molecule has 2 atom stereocenters. The van der Waals surface area contributed by atoms with Gasteiger partial charge < -0.3 is 10.5 Å². The average Bonchev–Trinajstić information content (AvgIpc) is 2.83. The molecule has 1 aromatic rings. The van der Waals surface area contributed by atoms with E-state index in [-0.39, 0.29) is 11.9 Å². The van der Waals surface area contributed by atoms with Crippen molar-refractivity contribution < 1.29 is 9.13 Å². The summed E-state index contributed by atoms with van der Waals surface area (Å²) in [5, 5.41) is 0. The molecule has 2 unspecified atom stereocenters. The minimum Gasteiger partial charge on any atom is -0.380 e. The van der Waals surface area contributed by atoms with Gasteiger partial charge in [0.15, 0.2) is 0 Å². The van der Waals surface area contributed by atoms with E-state index in [0.29, 0.717) is 6.04 Å². The summed E-state index contributed by atoms with van der Waals surface area (Å²) in [6.07, 6.45) is 1.06. The predicted molar refractivity (Wildman–Crippen MR) is 65.2 cm³/mol. The van der Waals surface area contributed by atoms with Gasteiger partial charge in [0.2, 0.25) is 0 Å². The maximum absolute atomic E-state index is 12.8. The first-order valence-electron chi connectivity index (χ1n) is 5.96. The number of nitrogens with zero attached hydrogens (tertiary/aromatic N) is 1. The number of ether oxygens (including phenoxy) is 1. The molecular formula is C13H19FN2O. The second kappa shape index (κ2) is 5.58. The van der Waals surface area contributed by atoms with Crippen LogP contribution in [0, 0.1) is 5.82 Å². The Labute approximate surface area is 101 Å². The van der Waals surface area contributed by atoms with Gasteiger partial charge in [-0.1, -0.05) is 12.1 Å². The second-order valence-corrected chi connectivity index (χ2v) is 4.62. The molecule has 1 aromatic carbocycles. The van der Waals surface area contributed by atoms with Gasteiger partial charge in [-0.2, -0.15) is 0 Å². The van der Waals surface area contributed by atoms with E-state index in [2.05, 4.69) is 11.9 Å². The molecule has 17 heavy (non-hydrogen) atoms. The van der Waals surface area contributed by atoms with Crippen molar-refractivity contribution in [2.24, 2.45) is 5.73 Å². The standard InChI is InChI=1S/C13H19FN2O/c1-16(12-6-7-17-9-12)8-13(15)10-2-4-11(14)5-3-10/h2-5,12-13H,6-9,15H2,1H3. The van der Waals surface area contributed by atoms with Crippen LogP contribution in [0.5, 0.6) is 0 Å². The Bertz CT molecular complexity index is 349. The van der Waals surface area contributed by atoms with Crippen molar-refractivity contribution in [3.8, 4) is 0 Å². The molecule has 0 spiro atoms. The van der Waals surface area contributed by atoms with Crippen molar-refractivity contribution in [3.05, 3.63) is 35.6 Å². The van der Waals surface area contributed by atoms with Gasteiger partial charge in [-0.05, 0) is 31.2 Å². The summed E-state index contributed by atoms with van der Waals surface area (Å²) in [7, 11) is 2.06. The molecule has 0 saturated carbocycles. The molecule has 1 saturated heterocycles. The van der Waals surface area contributed by atoms with Crippen LogP contribution in [0.1, 0.15) is 18.0 Å². The molecule has 0 aliphatic carbocycles. The maximum atomic E-state index is 12.8. The Morgan fingerprint density at radius 3 is 2.76 bits per heavy atom. The summed E-state index contributed by atoms with van der Waals surface area (Å²) >= 11 is 0. The minimum atomic E-state index is -0.224. The van der Waals surface area contributed by atoms with Gasteiger partial charge in [-0.3, -0.25) is 4.90 Å². The highest BCUT2D eigenvalue weighted by molar-refractivity contribution is 5.19. The summed E-state index contributed by atoms with van der Waals surface area (Å²) in [6.45, 7) is 2.38. The average molecular weight is 238 g/mol. The van der Waals surface area contributed by atoms with Crippen LogP contribution in [-0.4, -0.2) is 37.7 Å². The summed E-state index contributed by atoms with van der Waals surface area (Å²) < 4.78 is 18.1. The fraction of sp³-hybridized carbons (Fsp3) is 0.538. The zero-order valence-electron chi connectivity index (χ0n) is 10.1. The van der Waals surface area contributed by atoms with Crippen LogP contribution in [0.25, 0.3) is 0 Å². The Balaban J connectivity index is 1.91. The second-order valence-electron chi connectivity index (χ2n) is 4.62. The Hall–Kier alpha value is -0.970. The molecule has 1 heterocycles. The van der Waals surface area contributed by atoms with Gasteiger partial charge in [0.05, 0.1) is 6.61 Å². The van der Waals surface area contributed by atoms with Crippen LogP contribution in [-0.2, 0) is 4.74 Å². The predicted octanol–water partition coefficient (Wildman–Crippen LogP) is 1.55. The molecule has 0 radical (unpaired) electrons. The minimum absolute atomic E-state index is 0.0822. The fourth-order valence-electron chi connectivity index (χ4n) is 2.14. The van der Waals surface area contributed by atoms with E-state index in [1.165, 1.54) is 12.1 Å². The van der Waals surface area contributed by atoms with Crippen molar-refractivity contribution >= 4 is 0 Å². The molecule has 0 bridgehead atoms. The third kappa shape index (κ3) is 3.25. The molecule has 1 fully saturated rings. The van der Waals surface area contributed by atoms with Crippen LogP contribution in [0.15, 0.2) is 24.3 Å². The number of hydrogen-bond acceptors (Lipinski definition) is 3. The van der Waals surface area contributed by atoms with E-state index in [1.807, 2.05) is 0 Å². The van der Waals surface area contributed by atoms with Crippen LogP contribution in [0.3, 0.4) is 0 Å². The van der Waals surface area contributed by atoms with Gasteiger partial charge in [0, 0.05) is 25.2 Å². The van der Waals surface area contributed by atoms with E-state index in [4.69, 9.17) is 10.5 Å².